The molecular formula is C15H16NOP. The number of rotatable bonds is 2. The summed E-state index contributed by atoms with van der Waals surface area (Å²) in [5.74, 6) is 0. The van der Waals surface area contributed by atoms with Gasteiger partial charge in [-0.05, 0) is 12.5 Å². The van der Waals surface area contributed by atoms with Gasteiger partial charge in [0.25, 0.3) is 0 Å². The Labute approximate surface area is 109 Å². The van der Waals surface area contributed by atoms with E-state index in [0.717, 1.165) is 0 Å². The van der Waals surface area contributed by atoms with Crippen LogP contribution in [0.2, 0.25) is 0 Å². The van der Waals surface area contributed by atoms with Crippen LogP contribution in [0.4, 0.5) is 0 Å². The molecule has 2 aromatic carbocycles. The van der Waals surface area contributed by atoms with Gasteiger partial charge >= 0.3 is 0 Å². The topological polar surface area (TPSA) is 21.3 Å². The highest BCUT2D eigenvalue weighted by molar-refractivity contribution is 7.59. The summed E-state index contributed by atoms with van der Waals surface area (Å²) in [6, 6.07) is 21.2. The monoisotopic (exact) mass is 257 g/mol. The van der Waals surface area contributed by atoms with Crippen LogP contribution < -0.4 is 10.4 Å². The molecule has 0 radical (unpaired) electrons. The lowest BCUT2D eigenvalue weighted by Gasteiger charge is -2.13. The summed E-state index contributed by atoms with van der Waals surface area (Å²) in [4.78, 5) is 0. The lowest BCUT2D eigenvalue weighted by atomic mass is 10.0. The Morgan fingerprint density at radius 2 is 1.56 bits per heavy atom. The van der Waals surface area contributed by atoms with Crippen LogP contribution in [0.1, 0.15) is 18.6 Å². The number of hydrogen-bond acceptors (Lipinski definition) is 2. The zero-order valence-corrected chi connectivity index (χ0v) is 11.2. The average molecular weight is 257 g/mol. The summed E-state index contributed by atoms with van der Waals surface area (Å²) in [6.45, 7) is 2.18. The molecule has 1 unspecified atom stereocenters. The fourth-order valence-corrected chi connectivity index (χ4v) is 3.99. The van der Waals surface area contributed by atoms with E-state index < -0.39 is 8.30 Å². The first-order valence-corrected chi connectivity index (χ1v) is 7.43. The van der Waals surface area contributed by atoms with Crippen LogP contribution in [0.5, 0.6) is 0 Å². The van der Waals surface area contributed by atoms with Gasteiger partial charge in [-0.3, -0.25) is 5.09 Å². The molecule has 3 atom stereocenters. The highest BCUT2D eigenvalue weighted by Gasteiger charge is 2.33. The predicted octanol–water partition coefficient (Wildman–Crippen LogP) is 3.37. The Morgan fingerprint density at radius 3 is 2.22 bits per heavy atom. The normalized spacial score (nSPS) is 27.3. The molecule has 1 aliphatic heterocycles. The molecule has 18 heavy (non-hydrogen) atoms. The molecule has 0 bridgehead atoms. The van der Waals surface area contributed by atoms with Crippen LogP contribution >= 0.6 is 8.30 Å². The van der Waals surface area contributed by atoms with Crippen LogP contribution in [0.3, 0.4) is 0 Å². The van der Waals surface area contributed by atoms with Gasteiger partial charge in [0.2, 0.25) is 0 Å². The number of hydrogen-bond donors (Lipinski definition) is 1. The van der Waals surface area contributed by atoms with Gasteiger partial charge in [0.1, 0.15) is 14.4 Å². The van der Waals surface area contributed by atoms with Gasteiger partial charge in [-0.15, -0.1) is 0 Å². The van der Waals surface area contributed by atoms with Crippen molar-refractivity contribution in [3.63, 3.8) is 0 Å². The summed E-state index contributed by atoms with van der Waals surface area (Å²) in [6.07, 6.45) is 0.150. The van der Waals surface area contributed by atoms with E-state index in [9.17, 15) is 0 Å². The van der Waals surface area contributed by atoms with E-state index in [0.29, 0.717) is 6.04 Å². The van der Waals surface area contributed by atoms with Crippen molar-refractivity contribution in [1.82, 2.24) is 5.09 Å². The molecule has 0 spiro atoms. The molecule has 1 aliphatic rings. The van der Waals surface area contributed by atoms with E-state index >= 15 is 0 Å². The van der Waals surface area contributed by atoms with Crippen LogP contribution in [0, 0.1) is 0 Å². The van der Waals surface area contributed by atoms with Crippen molar-refractivity contribution in [1.29, 1.82) is 0 Å². The molecule has 2 nitrogen and oxygen atoms in total. The first kappa shape index (κ1) is 11.9. The maximum atomic E-state index is 6.20. The van der Waals surface area contributed by atoms with Crippen molar-refractivity contribution in [2.75, 3.05) is 0 Å². The third-order valence-corrected chi connectivity index (χ3v) is 4.96. The summed E-state index contributed by atoms with van der Waals surface area (Å²) < 4.78 is 6.20. The third kappa shape index (κ3) is 2.32. The van der Waals surface area contributed by atoms with Crippen molar-refractivity contribution >= 4 is 13.6 Å². The molecule has 3 heteroatoms. The van der Waals surface area contributed by atoms with Gasteiger partial charge in [-0.2, -0.15) is 0 Å². The van der Waals surface area contributed by atoms with Crippen molar-refractivity contribution in [2.45, 2.75) is 19.1 Å². The Bertz CT molecular complexity index is 502. The highest BCUT2D eigenvalue weighted by Crippen LogP contribution is 2.46. The minimum Gasteiger partial charge on any atom is -0.330 e. The average Bonchev–Trinajstić information content (AvgIpc) is 2.83. The Kier molecular flexibility index (Phi) is 3.42. The molecule has 0 aliphatic carbocycles. The molecule has 0 saturated carbocycles. The maximum Gasteiger partial charge on any atom is 0.135 e. The second kappa shape index (κ2) is 5.19. The molecule has 1 heterocycles. The summed E-state index contributed by atoms with van der Waals surface area (Å²) in [7, 11) is -0.693. The lowest BCUT2D eigenvalue weighted by Crippen LogP contribution is -2.21. The summed E-state index contributed by atoms with van der Waals surface area (Å²) in [5.41, 5.74) is 1.25. The Morgan fingerprint density at radius 1 is 0.944 bits per heavy atom. The molecule has 0 amide bonds. The zero-order valence-electron chi connectivity index (χ0n) is 10.3. The van der Waals surface area contributed by atoms with Gasteiger partial charge in [-0.25, -0.2) is 0 Å². The van der Waals surface area contributed by atoms with Crippen molar-refractivity contribution in [3.8, 4) is 0 Å². The van der Waals surface area contributed by atoms with Gasteiger partial charge in [-0.1, -0.05) is 60.7 Å². The minimum absolute atomic E-state index is 0.150. The van der Waals surface area contributed by atoms with Gasteiger partial charge in [0.05, 0.1) is 0 Å². The molecule has 0 aromatic heterocycles. The van der Waals surface area contributed by atoms with E-state index in [1.54, 1.807) is 0 Å². The maximum absolute atomic E-state index is 6.20. The second-order valence-corrected chi connectivity index (χ2v) is 6.06. The fraction of sp³-hybridized carbons (Fsp3) is 0.200. The zero-order chi connectivity index (χ0) is 12.4. The standard InChI is InChI=1S/C15H16NOP/c1-12-15(13-8-4-2-5-9-13)17-18(16-12)14-10-6-3-7-11-14/h2-12,15-16H,1H3/t12-,15-,18?/m0/s1. The molecule has 1 saturated heterocycles. The van der Waals surface area contributed by atoms with E-state index in [2.05, 4.69) is 60.5 Å². The van der Waals surface area contributed by atoms with Crippen molar-refractivity contribution < 1.29 is 4.52 Å². The molecule has 2 aromatic rings. The largest absolute Gasteiger partial charge is 0.330 e. The van der Waals surface area contributed by atoms with Crippen LogP contribution in [0.15, 0.2) is 60.7 Å². The third-order valence-electron chi connectivity index (χ3n) is 3.11. The van der Waals surface area contributed by atoms with Crippen molar-refractivity contribution in [2.24, 2.45) is 0 Å². The predicted molar refractivity (Wildman–Crippen MR) is 75.9 cm³/mol. The number of nitrogens with one attached hydrogen (secondary N) is 1. The quantitative estimate of drug-likeness (QED) is 0.833. The molecule has 1 fully saturated rings. The van der Waals surface area contributed by atoms with E-state index in [1.165, 1.54) is 10.9 Å². The Balaban J connectivity index is 1.81. The summed E-state index contributed by atoms with van der Waals surface area (Å²) >= 11 is 0. The lowest BCUT2D eigenvalue weighted by molar-refractivity contribution is 0.238. The number of benzene rings is 2. The van der Waals surface area contributed by atoms with E-state index in [1.807, 2.05) is 12.1 Å². The molecule has 1 N–H and O–H groups in total. The molecular weight excluding hydrogens is 241 g/mol. The first-order chi connectivity index (χ1) is 8.84. The molecule has 3 rings (SSSR count). The van der Waals surface area contributed by atoms with Crippen LogP contribution in [0.25, 0.3) is 0 Å². The van der Waals surface area contributed by atoms with E-state index in [4.69, 9.17) is 4.52 Å². The SMILES string of the molecule is C[C@@H]1NP(c2ccccc2)O[C@@H]1c1ccccc1. The van der Waals surface area contributed by atoms with Crippen LogP contribution in [-0.4, -0.2) is 6.04 Å². The highest BCUT2D eigenvalue weighted by atomic mass is 31.2. The van der Waals surface area contributed by atoms with E-state index in [-0.39, 0.29) is 6.10 Å². The smallest absolute Gasteiger partial charge is 0.135 e. The molecule has 92 valence electrons. The van der Waals surface area contributed by atoms with Gasteiger partial charge in [0.15, 0.2) is 0 Å². The second-order valence-electron chi connectivity index (χ2n) is 4.48. The fourth-order valence-electron chi connectivity index (χ4n) is 2.18. The van der Waals surface area contributed by atoms with Gasteiger partial charge in [0, 0.05) is 11.3 Å². The first-order valence-electron chi connectivity index (χ1n) is 6.17. The van der Waals surface area contributed by atoms with Gasteiger partial charge < -0.3 is 4.52 Å². The Hall–Kier alpha value is -1.21. The summed E-state index contributed by atoms with van der Waals surface area (Å²) in [5, 5.41) is 4.81. The van der Waals surface area contributed by atoms with Crippen LogP contribution in [-0.2, 0) is 4.52 Å². The minimum atomic E-state index is -0.693. The van der Waals surface area contributed by atoms with Crippen molar-refractivity contribution in [3.05, 3.63) is 66.2 Å².